The Balaban J connectivity index is 2.11. The van der Waals surface area contributed by atoms with E-state index in [4.69, 9.17) is 0 Å². The number of hydrogen-bond donors (Lipinski definition) is 0. The van der Waals surface area contributed by atoms with Crippen molar-refractivity contribution in [2.75, 3.05) is 0 Å². The van der Waals surface area contributed by atoms with Crippen LogP contribution in [0.1, 0.15) is 40.5 Å². The van der Waals surface area contributed by atoms with Crippen molar-refractivity contribution < 1.29 is 4.79 Å². The second-order valence-electron chi connectivity index (χ2n) is 6.73. The zero-order chi connectivity index (χ0) is 11.2. The van der Waals surface area contributed by atoms with E-state index in [9.17, 15) is 4.79 Å². The van der Waals surface area contributed by atoms with Gasteiger partial charge in [-0.05, 0) is 37.0 Å². The van der Waals surface area contributed by atoms with Crippen LogP contribution in [-0.4, -0.2) is 5.78 Å². The van der Waals surface area contributed by atoms with Crippen LogP contribution in [0.25, 0.3) is 0 Å². The molecule has 0 spiro atoms. The fourth-order valence-corrected chi connectivity index (χ4v) is 5.17. The van der Waals surface area contributed by atoms with Gasteiger partial charge < -0.3 is 0 Å². The molecule has 4 rings (SSSR count). The first-order valence-electron chi connectivity index (χ1n) is 5.99. The van der Waals surface area contributed by atoms with E-state index in [0.29, 0.717) is 23.0 Å². The molecule has 0 aliphatic heterocycles. The lowest BCUT2D eigenvalue weighted by Gasteiger charge is -2.43. The van der Waals surface area contributed by atoms with Gasteiger partial charge in [0.05, 0.1) is 0 Å². The summed E-state index contributed by atoms with van der Waals surface area (Å²) in [6.45, 7) is 12.9. The van der Waals surface area contributed by atoms with Crippen molar-refractivity contribution in [3.05, 3.63) is 12.2 Å². The third kappa shape index (κ3) is 0.687. The highest BCUT2D eigenvalue weighted by Gasteiger charge is 2.85. The van der Waals surface area contributed by atoms with Crippen LogP contribution in [-0.2, 0) is 4.79 Å². The molecule has 0 heterocycles. The van der Waals surface area contributed by atoms with Crippen LogP contribution in [0.2, 0.25) is 0 Å². The van der Waals surface area contributed by atoms with Gasteiger partial charge in [-0.3, -0.25) is 4.79 Å². The van der Waals surface area contributed by atoms with E-state index in [1.54, 1.807) is 0 Å². The van der Waals surface area contributed by atoms with Gasteiger partial charge in [-0.25, -0.2) is 0 Å². The average molecular weight is 204 g/mol. The largest absolute Gasteiger partial charge is 0.298 e. The fourth-order valence-electron chi connectivity index (χ4n) is 5.17. The van der Waals surface area contributed by atoms with Gasteiger partial charge in [-0.2, -0.15) is 0 Å². The van der Waals surface area contributed by atoms with Crippen molar-refractivity contribution in [1.82, 2.24) is 0 Å². The van der Waals surface area contributed by atoms with E-state index in [1.807, 2.05) is 0 Å². The van der Waals surface area contributed by atoms with Crippen molar-refractivity contribution in [2.24, 2.45) is 28.1 Å². The maximum atomic E-state index is 12.5. The van der Waals surface area contributed by atoms with Crippen LogP contribution in [0.15, 0.2) is 12.2 Å². The molecule has 0 radical (unpaired) electrons. The molecular weight excluding hydrogens is 184 g/mol. The number of carbonyl (C=O) groups excluding carboxylic acids is 1. The van der Waals surface area contributed by atoms with Gasteiger partial charge in [0.25, 0.3) is 0 Å². The first-order valence-corrected chi connectivity index (χ1v) is 5.99. The summed E-state index contributed by atoms with van der Waals surface area (Å²) in [5, 5.41) is 0. The molecule has 0 N–H and O–H groups in total. The Labute approximate surface area is 91.9 Å². The number of fused-ring (bicyclic) bond motifs is 1. The van der Waals surface area contributed by atoms with Gasteiger partial charge in [0.2, 0.25) is 0 Å². The van der Waals surface area contributed by atoms with E-state index in [2.05, 4.69) is 34.3 Å². The highest BCUT2D eigenvalue weighted by molar-refractivity contribution is 5.99. The van der Waals surface area contributed by atoms with Crippen LogP contribution < -0.4 is 0 Å². The molecular formula is C14H20O. The minimum atomic E-state index is -0.0932. The Morgan fingerprint density at radius 3 is 2.40 bits per heavy atom. The van der Waals surface area contributed by atoms with Gasteiger partial charge in [0.15, 0.2) is 0 Å². The summed E-state index contributed by atoms with van der Waals surface area (Å²) < 4.78 is 0. The number of ketones is 1. The van der Waals surface area contributed by atoms with Crippen LogP contribution in [0.4, 0.5) is 0 Å². The molecule has 1 nitrogen and oxygen atoms in total. The summed E-state index contributed by atoms with van der Waals surface area (Å²) in [5.74, 6) is 1.61. The summed E-state index contributed by atoms with van der Waals surface area (Å²) in [5.41, 5.74) is 1.46. The summed E-state index contributed by atoms with van der Waals surface area (Å²) in [7, 11) is 0. The predicted octanol–water partition coefficient (Wildman–Crippen LogP) is 3.20. The molecule has 0 amide bonds. The van der Waals surface area contributed by atoms with Crippen molar-refractivity contribution in [3.8, 4) is 0 Å². The van der Waals surface area contributed by atoms with Crippen molar-refractivity contribution in [1.29, 1.82) is 0 Å². The summed E-state index contributed by atoms with van der Waals surface area (Å²) in [6.07, 6.45) is 2.29. The summed E-state index contributed by atoms with van der Waals surface area (Å²) >= 11 is 0. The van der Waals surface area contributed by atoms with Crippen LogP contribution in [0.3, 0.4) is 0 Å². The molecule has 1 heteroatoms. The topological polar surface area (TPSA) is 17.1 Å². The number of rotatable bonds is 1. The SMILES string of the molecule is C=C(C)[C@@H]1CC2C3(C)CC1(C)C(=O)C23C. The van der Waals surface area contributed by atoms with Gasteiger partial charge >= 0.3 is 0 Å². The average Bonchev–Trinajstić information content (AvgIpc) is 2.54. The zero-order valence-electron chi connectivity index (χ0n) is 10.2. The van der Waals surface area contributed by atoms with Gasteiger partial charge in [0, 0.05) is 10.8 Å². The molecule has 4 bridgehead atoms. The molecule has 0 aromatic carbocycles. The van der Waals surface area contributed by atoms with E-state index in [-0.39, 0.29) is 10.8 Å². The van der Waals surface area contributed by atoms with E-state index < -0.39 is 0 Å². The maximum Gasteiger partial charge on any atom is 0.146 e. The molecule has 4 saturated carbocycles. The number of allylic oxidation sites excluding steroid dienone is 1. The molecule has 15 heavy (non-hydrogen) atoms. The standard InChI is InChI=1S/C14H20O/c1-8(2)9-6-10-13(4)7-12(9,3)11(15)14(10,13)5/h9-10H,1,6-7H2,2-5H3/t9-,10?,12?,13?,14?/m0/s1. The minimum Gasteiger partial charge on any atom is -0.298 e. The first kappa shape index (κ1) is 9.62. The van der Waals surface area contributed by atoms with Gasteiger partial charge in [-0.15, -0.1) is 0 Å². The van der Waals surface area contributed by atoms with Crippen molar-refractivity contribution in [3.63, 3.8) is 0 Å². The smallest absolute Gasteiger partial charge is 0.146 e. The van der Waals surface area contributed by atoms with Crippen molar-refractivity contribution in [2.45, 2.75) is 40.5 Å². The highest BCUT2D eigenvalue weighted by atomic mass is 16.1. The lowest BCUT2D eigenvalue weighted by molar-refractivity contribution is -0.136. The Morgan fingerprint density at radius 2 is 2.00 bits per heavy atom. The summed E-state index contributed by atoms with van der Waals surface area (Å²) in [4.78, 5) is 12.5. The Morgan fingerprint density at radius 1 is 1.40 bits per heavy atom. The summed E-state index contributed by atoms with van der Waals surface area (Å²) in [6, 6.07) is 0. The molecule has 4 unspecified atom stereocenters. The highest BCUT2D eigenvalue weighted by Crippen LogP contribution is 2.85. The fraction of sp³-hybridized carbons (Fsp3) is 0.786. The maximum absolute atomic E-state index is 12.5. The molecule has 0 saturated heterocycles. The second-order valence-corrected chi connectivity index (χ2v) is 6.73. The van der Waals surface area contributed by atoms with Crippen LogP contribution >= 0.6 is 0 Å². The Kier molecular flexibility index (Phi) is 1.34. The Hall–Kier alpha value is -0.590. The van der Waals surface area contributed by atoms with E-state index in [1.165, 1.54) is 12.0 Å². The van der Waals surface area contributed by atoms with Gasteiger partial charge in [0.1, 0.15) is 5.78 Å². The molecule has 0 aromatic heterocycles. The number of hydrogen-bond acceptors (Lipinski definition) is 1. The molecule has 4 aliphatic rings. The molecule has 4 fully saturated rings. The zero-order valence-corrected chi connectivity index (χ0v) is 10.2. The van der Waals surface area contributed by atoms with E-state index >= 15 is 0 Å². The van der Waals surface area contributed by atoms with Crippen molar-refractivity contribution >= 4 is 5.78 Å². The molecule has 82 valence electrons. The lowest BCUT2D eigenvalue weighted by Crippen LogP contribution is -2.43. The van der Waals surface area contributed by atoms with Crippen LogP contribution in [0.5, 0.6) is 0 Å². The van der Waals surface area contributed by atoms with Crippen LogP contribution in [0, 0.1) is 28.1 Å². The quantitative estimate of drug-likeness (QED) is 0.599. The minimum absolute atomic E-state index is 0.0215. The molecule has 4 aliphatic carbocycles. The third-order valence-electron chi connectivity index (χ3n) is 6.13. The first-order chi connectivity index (χ1) is 6.78. The van der Waals surface area contributed by atoms with Gasteiger partial charge in [-0.1, -0.05) is 32.9 Å². The monoisotopic (exact) mass is 204 g/mol. The Bertz CT molecular complexity index is 396. The lowest BCUT2D eigenvalue weighted by atomic mass is 9.59. The predicted molar refractivity (Wildman–Crippen MR) is 60.4 cm³/mol. The normalized spacial score (nSPS) is 60.7. The third-order valence-corrected chi connectivity index (χ3v) is 6.13. The number of carbonyl (C=O) groups is 1. The number of Topliss-reactive ketones (excluding diaryl/α,β-unsaturated/α-hetero) is 1. The molecule has 5 atom stereocenters. The molecule has 0 aromatic rings. The second kappa shape index (κ2) is 2.09. The van der Waals surface area contributed by atoms with E-state index in [0.717, 1.165) is 6.42 Å².